The number of nitrogens with one attached hydrogen (secondary N) is 2. The fraction of sp³-hybridized carbons (Fsp3) is 0.562. The third kappa shape index (κ3) is 7.60. The molecule has 0 saturated carbocycles. The molecule has 0 unspecified atom stereocenters. The van der Waals surface area contributed by atoms with Crippen LogP contribution in [0.15, 0.2) is 23.2 Å². The maximum Gasteiger partial charge on any atom is 0.191 e. The predicted octanol–water partition coefficient (Wildman–Crippen LogP) is 3.32. The summed E-state index contributed by atoms with van der Waals surface area (Å²) >= 11 is 1.78. The standard InChI is InChI=1S/C16H27FN4S.HI/c1-5-21(6-2)15-8-7-13(11-14(15)17)12-20-16(18-3)19-9-10-22-4;/h7-8,11H,5-6,9-10,12H2,1-4H3,(H2,18,19,20);1H. The van der Waals surface area contributed by atoms with Gasteiger partial charge in [0.05, 0.1) is 5.69 Å². The van der Waals surface area contributed by atoms with Gasteiger partial charge in [-0.05, 0) is 37.8 Å². The monoisotopic (exact) mass is 454 g/mol. The molecule has 0 aromatic heterocycles. The van der Waals surface area contributed by atoms with Crippen LogP contribution in [0, 0.1) is 5.82 Å². The molecule has 0 aliphatic carbocycles. The Kier molecular flexibility index (Phi) is 12.3. The van der Waals surface area contributed by atoms with Crippen LogP contribution in [-0.4, -0.2) is 44.7 Å². The van der Waals surface area contributed by atoms with Crippen molar-refractivity contribution < 1.29 is 4.39 Å². The fourth-order valence-electron chi connectivity index (χ4n) is 2.16. The van der Waals surface area contributed by atoms with E-state index in [0.29, 0.717) is 12.2 Å². The van der Waals surface area contributed by atoms with Crippen molar-refractivity contribution in [1.29, 1.82) is 0 Å². The first-order valence-corrected chi connectivity index (χ1v) is 9.02. The molecular weight excluding hydrogens is 426 g/mol. The van der Waals surface area contributed by atoms with E-state index in [2.05, 4.69) is 21.9 Å². The number of anilines is 1. The minimum Gasteiger partial charge on any atom is -0.370 e. The zero-order valence-electron chi connectivity index (χ0n) is 14.4. The van der Waals surface area contributed by atoms with Gasteiger partial charge < -0.3 is 15.5 Å². The van der Waals surface area contributed by atoms with Crippen LogP contribution < -0.4 is 15.5 Å². The minimum atomic E-state index is -0.173. The van der Waals surface area contributed by atoms with E-state index in [9.17, 15) is 4.39 Å². The van der Waals surface area contributed by atoms with Crippen LogP contribution in [0.2, 0.25) is 0 Å². The molecule has 4 nitrogen and oxygen atoms in total. The number of rotatable bonds is 8. The molecule has 23 heavy (non-hydrogen) atoms. The largest absolute Gasteiger partial charge is 0.370 e. The second-order valence-corrected chi connectivity index (χ2v) is 5.79. The molecule has 2 N–H and O–H groups in total. The van der Waals surface area contributed by atoms with Crippen LogP contribution in [0.3, 0.4) is 0 Å². The van der Waals surface area contributed by atoms with Crippen molar-refractivity contribution in [2.75, 3.05) is 43.6 Å². The Morgan fingerprint density at radius 1 is 1.26 bits per heavy atom. The van der Waals surface area contributed by atoms with Gasteiger partial charge in [0.15, 0.2) is 5.96 Å². The molecular formula is C16H28FIN4S. The number of aliphatic imine (C=N–C) groups is 1. The molecule has 0 fully saturated rings. The number of guanidine groups is 1. The molecule has 1 aromatic rings. The van der Waals surface area contributed by atoms with Crippen LogP contribution in [-0.2, 0) is 6.54 Å². The highest BCUT2D eigenvalue weighted by atomic mass is 127. The molecule has 0 bridgehead atoms. The number of thioether (sulfide) groups is 1. The van der Waals surface area contributed by atoms with Crippen molar-refractivity contribution in [1.82, 2.24) is 10.6 Å². The van der Waals surface area contributed by atoms with Gasteiger partial charge in [-0.15, -0.1) is 24.0 Å². The number of hydrogen-bond donors (Lipinski definition) is 2. The smallest absolute Gasteiger partial charge is 0.191 e. The Balaban J connectivity index is 0.00000484. The van der Waals surface area contributed by atoms with Crippen molar-refractivity contribution in [3.05, 3.63) is 29.6 Å². The van der Waals surface area contributed by atoms with E-state index in [-0.39, 0.29) is 29.8 Å². The van der Waals surface area contributed by atoms with E-state index in [1.165, 1.54) is 0 Å². The topological polar surface area (TPSA) is 39.7 Å². The highest BCUT2D eigenvalue weighted by Gasteiger charge is 2.09. The van der Waals surface area contributed by atoms with Crippen LogP contribution >= 0.6 is 35.7 Å². The molecule has 132 valence electrons. The van der Waals surface area contributed by atoms with Crippen LogP contribution in [0.4, 0.5) is 10.1 Å². The molecule has 0 spiro atoms. The molecule has 1 rings (SSSR count). The lowest BCUT2D eigenvalue weighted by atomic mass is 10.2. The van der Waals surface area contributed by atoms with E-state index >= 15 is 0 Å². The van der Waals surface area contributed by atoms with Crippen molar-refractivity contribution in [2.45, 2.75) is 20.4 Å². The molecule has 0 aliphatic rings. The van der Waals surface area contributed by atoms with Gasteiger partial charge in [0.2, 0.25) is 0 Å². The summed E-state index contributed by atoms with van der Waals surface area (Å²) in [5.74, 6) is 1.59. The van der Waals surface area contributed by atoms with E-state index < -0.39 is 0 Å². The SMILES string of the molecule is CCN(CC)c1ccc(CNC(=NC)NCCSC)cc1F.I. The minimum absolute atomic E-state index is 0. The summed E-state index contributed by atoms with van der Waals surface area (Å²) < 4.78 is 14.2. The van der Waals surface area contributed by atoms with Crippen molar-refractivity contribution in [2.24, 2.45) is 4.99 Å². The summed E-state index contributed by atoms with van der Waals surface area (Å²) in [6, 6.07) is 5.40. The Morgan fingerprint density at radius 2 is 1.96 bits per heavy atom. The number of hydrogen-bond acceptors (Lipinski definition) is 3. The van der Waals surface area contributed by atoms with Gasteiger partial charge in [-0.1, -0.05) is 6.07 Å². The van der Waals surface area contributed by atoms with E-state index in [0.717, 1.165) is 36.9 Å². The first-order chi connectivity index (χ1) is 10.7. The quantitative estimate of drug-likeness (QED) is 0.274. The predicted molar refractivity (Wildman–Crippen MR) is 112 cm³/mol. The van der Waals surface area contributed by atoms with Gasteiger partial charge in [-0.25, -0.2) is 4.39 Å². The maximum atomic E-state index is 14.2. The average molecular weight is 454 g/mol. The molecule has 0 heterocycles. The first-order valence-electron chi connectivity index (χ1n) is 7.63. The lowest BCUT2D eigenvalue weighted by Crippen LogP contribution is -2.37. The zero-order chi connectivity index (χ0) is 16.4. The van der Waals surface area contributed by atoms with Crippen LogP contribution in [0.5, 0.6) is 0 Å². The second kappa shape index (κ2) is 12.7. The van der Waals surface area contributed by atoms with E-state index in [1.807, 2.05) is 30.9 Å². The Bertz CT molecular complexity index is 481. The van der Waals surface area contributed by atoms with Gasteiger partial charge in [-0.3, -0.25) is 4.99 Å². The van der Waals surface area contributed by atoms with Gasteiger partial charge in [0, 0.05) is 39.0 Å². The number of halogens is 2. The summed E-state index contributed by atoms with van der Waals surface area (Å²) in [7, 11) is 1.73. The molecule has 0 radical (unpaired) electrons. The molecule has 0 saturated heterocycles. The summed E-state index contributed by atoms with van der Waals surface area (Å²) in [5, 5.41) is 6.42. The van der Waals surface area contributed by atoms with Crippen molar-refractivity contribution in [3.8, 4) is 0 Å². The Hall–Kier alpha value is -0.700. The third-order valence-corrected chi connectivity index (χ3v) is 4.01. The molecule has 0 amide bonds. The average Bonchev–Trinajstić information content (AvgIpc) is 2.53. The number of benzene rings is 1. The lowest BCUT2D eigenvalue weighted by Gasteiger charge is -2.22. The highest BCUT2D eigenvalue weighted by Crippen LogP contribution is 2.20. The molecule has 7 heteroatoms. The van der Waals surface area contributed by atoms with Gasteiger partial charge in [0.1, 0.15) is 5.82 Å². The van der Waals surface area contributed by atoms with Crippen LogP contribution in [0.25, 0.3) is 0 Å². The normalized spacial score (nSPS) is 10.9. The second-order valence-electron chi connectivity index (χ2n) is 4.80. The highest BCUT2D eigenvalue weighted by molar-refractivity contribution is 14.0. The Labute approximate surface area is 160 Å². The molecule has 0 aliphatic heterocycles. The third-order valence-electron chi connectivity index (χ3n) is 3.40. The van der Waals surface area contributed by atoms with Gasteiger partial charge in [0.25, 0.3) is 0 Å². The van der Waals surface area contributed by atoms with Gasteiger partial charge in [-0.2, -0.15) is 11.8 Å². The Morgan fingerprint density at radius 3 is 2.48 bits per heavy atom. The first kappa shape index (κ1) is 22.3. The van der Waals surface area contributed by atoms with E-state index in [1.54, 1.807) is 24.9 Å². The van der Waals surface area contributed by atoms with Crippen LogP contribution in [0.1, 0.15) is 19.4 Å². The fourth-order valence-corrected chi connectivity index (χ4v) is 2.47. The maximum absolute atomic E-state index is 14.2. The van der Waals surface area contributed by atoms with Crippen molar-refractivity contribution in [3.63, 3.8) is 0 Å². The summed E-state index contributed by atoms with van der Waals surface area (Å²) in [4.78, 5) is 6.16. The van der Waals surface area contributed by atoms with Crippen molar-refractivity contribution >= 4 is 47.4 Å². The summed E-state index contributed by atoms with van der Waals surface area (Å²) in [6.07, 6.45) is 2.07. The summed E-state index contributed by atoms with van der Waals surface area (Å²) in [5.41, 5.74) is 1.57. The van der Waals surface area contributed by atoms with E-state index in [4.69, 9.17) is 0 Å². The molecule has 0 atom stereocenters. The molecule has 1 aromatic carbocycles. The zero-order valence-corrected chi connectivity index (χ0v) is 17.5. The number of nitrogens with zero attached hydrogens (tertiary/aromatic N) is 2. The summed E-state index contributed by atoms with van der Waals surface area (Å²) in [6.45, 7) is 7.07. The lowest BCUT2D eigenvalue weighted by molar-refractivity contribution is 0.617. The van der Waals surface area contributed by atoms with Gasteiger partial charge >= 0.3 is 0 Å².